The first-order valence-corrected chi connectivity index (χ1v) is 7.46. The Hall–Kier alpha value is -2.36. The standard InChI is InChI=1S/C18H20N2O2/c1-5-14(6-2)20-16(21)18(4)10-13-9-7-8-12(3)15(13)11-19(18)17(20)22/h5-9H,1,10-11H2,2-4H3/b14-6+. The average Bonchev–Trinajstić information content (AvgIpc) is 2.68. The van der Waals surface area contributed by atoms with E-state index in [-0.39, 0.29) is 11.9 Å². The van der Waals surface area contributed by atoms with Crippen molar-refractivity contribution in [3.05, 3.63) is 59.3 Å². The maximum Gasteiger partial charge on any atom is 0.332 e. The zero-order valence-corrected chi connectivity index (χ0v) is 13.2. The first-order valence-electron chi connectivity index (χ1n) is 7.46. The molecule has 1 aromatic rings. The van der Waals surface area contributed by atoms with Gasteiger partial charge in [0.25, 0.3) is 5.91 Å². The highest BCUT2D eigenvalue weighted by atomic mass is 16.2. The number of imide groups is 1. The lowest BCUT2D eigenvalue weighted by atomic mass is 9.83. The summed E-state index contributed by atoms with van der Waals surface area (Å²) < 4.78 is 0. The molecular weight excluding hydrogens is 276 g/mol. The average molecular weight is 296 g/mol. The van der Waals surface area contributed by atoms with Crippen LogP contribution in [0.25, 0.3) is 0 Å². The zero-order chi connectivity index (χ0) is 16.1. The highest BCUT2D eigenvalue weighted by Gasteiger charge is 2.56. The molecule has 0 bridgehead atoms. The molecule has 2 aliphatic heterocycles. The number of amides is 3. The van der Waals surface area contributed by atoms with Crippen LogP contribution in [0, 0.1) is 6.92 Å². The van der Waals surface area contributed by atoms with Gasteiger partial charge in [0.15, 0.2) is 0 Å². The minimum Gasteiger partial charge on any atom is -0.305 e. The number of carbonyl (C=O) groups excluding carboxylic acids is 2. The number of hydrogen-bond acceptors (Lipinski definition) is 2. The van der Waals surface area contributed by atoms with Crippen LogP contribution in [0.4, 0.5) is 4.79 Å². The Bertz CT molecular complexity index is 720. The van der Waals surface area contributed by atoms with Crippen molar-refractivity contribution in [3.8, 4) is 0 Å². The summed E-state index contributed by atoms with van der Waals surface area (Å²) in [5.74, 6) is -0.169. The van der Waals surface area contributed by atoms with Crippen LogP contribution in [0.1, 0.15) is 30.5 Å². The van der Waals surface area contributed by atoms with Crippen LogP contribution in [0.3, 0.4) is 0 Å². The molecule has 4 nitrogen and oxygen atoms in total. The number of carbonyl (C=O) groups is 2. The van der Waals surface area contributed by atoms with E-state index in [9.17, 15) is 9.59 Å². The molecule has 0 saturated carbocycles. The molecule has 0 aliphatic carbocycles. The van der Waals surface area contributed by atoms with Gasteiger partial charge in [-0.1, -0.05) is 30.9 Å². The molecule has 0 spiro atoms. The van der Waals surface area contributed by atoms with Gasteiger partial charge in [-0.25, -0.2) is 9.69 Å². The molecule has 0 aromatic heterocycles. The molecule has 3 amide bonds. The van der Waals surface area contributed by atoms with Gasteiger partial charge in [-0.15, -0.1) is 0 Å². The summed E-state index contributed by atoms with van der Waals surface area (Å²) >= 11 is 0. The van der Waals surface area contributed by atoms with Gasteiger partial charge in [-0.05, 0) is 43.5 Å². The van der Waals surface area contributed by atoms with E-state index in [0.29, 0.717) is 18.7 Å². The second-order valence-electron chi connectivity index (χ2n) is 6.09. The minimum atomic E-state index is -0.810. The van der Waals surface area contributed by atoms with Crippen molar-refractivity contribution in [1.29, 1.82) is 0 Å². The Kier molecular flexibility index (Phi) is 3.20. The van der Waals surface area contributed by atoms with Crippen LogP contribution in [0.15, 0.2) is 42.6 Å². The van der Waals surface area contributed by atoms with Crippen LogP contribution >= 0.6 is 0 Å². The largest absolute Gasteiger partial charge is 0.332 e. The van der Waals surface area contributed by atoms with E-state index in [2.05, 4.69) is 12.6 Å². The number of fused-ring (bicyclic) bond motifs is 2. The SMILES string of the molecule is C=C/C(=C\C)N1C(=O)N2Cc3c(C)cccc3CC2(C)C1=O. The predicted octanol–water partition coefficient (Wildman–Crippen LogP) is 3.16. The molecule has 1 saturated heterocycles. The molecule has 4 heteroatoms. The lowest BCUT2D eigenvalue weighted by molar-refractivity contribution is -0.131. The van der Waals surface area contributed by atoms with Gasteiger partial charge >= 0.3 is 6.03 Å². The normalized spacial score (nSPS) is 24.4. The number of aryl methyl sites for hydroxylation is 1. The molecule has 2 aliphatic rings. The molecule has 2 heterocycles. The molecule has 0 radical (unpaired) electrons. The fraction of sp³-hybridized carbons (Fsp3) is 0.333. The van der Waals surface area contributed by atoms with Crippen LogP contribution in [0.2, 0.25) is 0 Å². The topological polar surface area (TPSA) is 40.6 Å². The van der Waals surface area contributed by atoms with E-state index in [0.717, 1.165) is 16.7 Å². The van der Waals surface area contributed by atoms with Gasteiger partial charge in [0.1, 0.15) is 5.54 Å². The van der Waals surface area contributed by atoms with E-state index in [1.54, 1.807) is 24.0 Å². The second-order valence-corrected chi connectivity index (χ2v) is 6.09. The highest BCUT2D eigenvalue weighted by molar-refractivity contribution is 6.09. The Balaban J connectivity index is 2.10. The Labute approximate surface area is 130 Å². The van der Waals surface area contributed by atoms with Crippen molar-refractivity contribution in [3.63, 3.8) is 0 Å². The van der Waals surface area contributed by atoms with Crippen LogP contribution in [0.5, 0.6) is 0 Å². The van der Waals surface area contributed by atoms with Crippen LogP contribution < -0.4 is 0 Å². The first-order chi connectivity index (χ1) is 10.4. The lowest BCUT2D eigenvalue weighted by Crippen LogP contribution is -2.51. The van der Waals surface area contributed by atoms with Gasteiger partial charge in [0, 0.05) is 18.7 Å². The molecule has 114 valence electrons. The number of benzene rings is 1. The number of nitrogens with zero attached hydrogens (tertiary/aromatic N) is 2. The number of hydrogen-bond donors (Lipinski definition) is 0. The maximum atomic E-state index is 12.9. The van der Waals surface area contributed by atoms with Crippen molar-refractivity contribution >= 4 is 11.9 Å². The summed E-state index contributed by atoms with van der Waals surface area (Å²) in [6.45, 7) is 9.89. The van der Waals surface area contributed by atoms with Crippen molar-refractivity contribution in [2.45, 2.75) is 39.3 Å². The van der Waals surface area contributed by atoms with E-state index in [4.69, 9.17) is 0 Å². The van der Waals surface area contributed by atoms with E-state index in [1.807, 2.05) is 26.0 Å². The molecule has 0 N–H and O–H groups in total. The Morgan fingerprint density at radius 3 is 2.73 bits per heavy atom. The summed E-state index contributed by atoms with van der Waals surface area (Å²) in [7, 11) is 0. The summed E-state index contributed by atoms with van der Waals surface area (Å²) in [5, 5.41) is 0. The van der Waals surface area contributed by atoms with E-state index in [1.165, 1.54) is 4.90 Å². The van der Waals surface area contributed by atoms with Gasteiger partial charge in [0.05, 0.1) is 0 Å². The fourth-order valence-electron chi connectivity index (χ4n) is 3.44. The van der Waals surface area contributed by atoms with Gasteiger partial charge in [-0.3, -0.25) is 4.79 Å². The third-order valence-corrected chi connectivity index (χ3v) is 4.80. The van der Waals surface area contributed by atoms with Crippen molar-refractivity contribution < 1.29 is 9.59 Å². The second kappa shape index (κ2) is 4.83. The Morgan fingerprint density at radius 2 is 2.09 bits per heavy atom. The third-order valence-electron chi connectivity index (χ3n) is 4.80. The fourth-order valence-corrected chi connectivity index (χ4v) is 3.44. The Morgan fingerprint density at radius 1 is 1.36 bits per heavy atom. The molecule has 3 rings (SSSR count). The summed E-state index contributed by atoms with van der Waals surface area (Å²) in [6.07, 6.45) is 3.85. The highest BCUT2D eigenvalue weighted by Crippen LogP contribution is 2.40. The zero-order valence-electron chi connectivity index (χ0n) is 13.2. The molecule has 22 heavy (non-hydrogen) atoms. The predicted molar refractivity (Wildman–Crippen MR) is 85.0 cm³/mol. The van der Waals surface area contributed by atoms with Gasteiger partial charge < -0.3 is 4.90 Å². The van der Waals surface area contributed by atoms with Crippen LogP contribution in [-0.2, 0) is 17.8 Å². The van der Waals surface area contributed by atoms with Crippen molar-refractivity contribution in [2.75, 3.05) is 0 Å². The first kappa shape index (κ1) is 14.6. The lowest BCUT2D eigenvalue weighted by Gasteiger charge is -2.37. The third kappa shape index (κ3) is 1.76. The smallest absolute Gasteiger partial charge is 0.305 e. The summed E-state index contributed by atoms with van der Waals surface area (Å²) in [6, 6.07) is 5.85. The van der Waals surface area contributed by atoms with Gasteiger partial charge in [0.2, 0.25) is 0 Å². The minimum absolute atomic E-state index is 0.169. The number of allylic oxidation sites excluding steroid dienone is 2. The summed E-state index contributed by atoms with van der Waals surface area (Å²) in [5.41, 5.74) is 3.21. The maximum absolute atomic E-state index is 12.9. The molecular formula is C18H20N2O2. The number of rotatable bonds is 2. The van der Waals surface area contributed by atoms with Crippen LogP contribution in [-0.4, -0.2) is 27.3 Å². The van der Waals surface area contributed by atoms with Crippen molar-refractivity contribution in [2.24, 2.45) is 0 Å². The molecule has 1 unspecified atom stereocenters. The van der Waals surface area contributed by atoms with E-state index < -0.39 is 5.54 Å². The molecule has 1 fully saturated rings. The number of urea groups is 1. The molecule has 1 aromatic carbocycles. The monoisotopic (exact) mass is 296 g/mol. The quantitative estimate of drug-likeness (QED) is 0.621. The van der Waals surface area contributed by atoms with Gasteiger partial charge in [-0.2, -0.15) is 0 Å². The molecule has 1 atom stereocenters. The summed E-state index contributed by atoms with van der Waals surface area (Å²) in [4.78, 5) is 28.6. The van der Waals surface area contributed by atoms with Crippen molar-refractivity contribution in [1.82, 2.24) is 9.80 Å². The van der Waals surface area contributed by atoms with E-state index >= 15 is 0 Å².